The Bertz CT molecular complexity index is 1470. The van der Waals surface area contributed by atoms with Crippen LogP contribution in [-0.2, 0) is 17.5 Å². The van der Waals surface area contributed by atoms with Crippen LogP contribution in [0.25, 0.3) is 11.0 Å². The first-order valence-electron chi connectivity index (χ1n) is 10.8. The Hall–Kier alpha value is -4.21. The molecule has 2 heterocycles. The molecule has 0 bridgehead atoms. The van der Waals surface area contributed by atoms with Crippen LogP contribution in [0, 0.1) is 19.7 Å². The quantitative estimate of drug-likeness (QED) is 0.266. The first kappa shape index (κ1) is 24.9. The lowest BCUT2D eigenvalue weighted by atomic mass is 10.00. The lowest BCUT2D eigenvalue weighted by Crippen LogP contribution is -2.11. The first-order valence-corrected chi connectivity index (χ1v) is 10.8. The molecule has 36 heavy (non-hydrogen) atoms. The maximum absolute atomic E-state index is 14.1. The first-order chi connectivity index (χ1) is 17.0. The fraction of sp³-hybridized carbons (Fsp3) is 0.192. The summed E-state index contributed by atoms with van der Waals surface area (Å²) in [5.74, 6) is -2.77. The van der Waals surface area contributed by atoms with E-state index in [-0.39, 0.29) is 34.7 Å². The van der Waals surface area contributed by atoms with Crippen molar-refractivity contribution in [3.8, 4) is 5.75 Å². The van der Waals surface area contributed by atoms with E-state index >= 15 is 0 Å². The molecule has 0 saturated heterocycles. The van der Waals surface area contributed by atoms with Gasteiger partial charge in [0.2, 0.25) is 0 Å². The van der Waals surface area contributed by atoms with Crippen LogP contribution in [0.3, 0.4) is 0 Å². The molecular formula is C26H20F4N2O4. The lowest BCUT2D eigenvalue weighted by Gasteiger charge is -2.12. The minimum atomic E-state index is -4.70. The van der Waals surface area contributed by atoms with Crippen molar-refractivity contribution in [2.75, 3.05) is 6.61 Å². The van der Waals surface area contributed by atoms with Gasteiger partial charge in [-0.15, -0.1) is 0 Å². The number of carboxylic acid groups (broad SMARTS) is 1. The van der Waals surface area contributed by atoms with Gasteiger partial charge in [0.15, 0.2) is 24.0 Å². The predicted molar refractivity (Wildman–Crippen MR) is 123 cm³/mol. The van der Waals surface area contributed by atoms with Crippen molar-refractivity contribution in [3.63, 3.8) is 0 Å². The number of aromatic nitrogens is 2. The number of hydrogen-bond donors (Lipinski definition) is 1. The summed E-state index contributed by atoms with van der Waals surface area (Å²) in [6, 6.07) is 12.6. The Kier molecular flexibility index (Phi) is 6.53. The number of aliphatic carboxylic acids is 1. The van der Waals surface area contributed by atoms with Crippen LogP contribution in [0.5, 0.6) is 5.75 Å². The molecule has 4 rings (SSSR count). The van der Waals surface area contributed by atoms with Gasteiger partial charge in [-0.2, -0.15) is 13.2 Å². The maximum Gasteiger partial charge on any atom is 0.433 e. The molecule has 0 amide bonds. The second-order valence-electron chi connectivity index (χ2n) is 8.25. The molecule has 186 valence electrons. The van der Waals surface area contributed by atoms with Gasteiger partial charge in [-0.1, -0.05) is 35.9 Å². The summed E-state index contributed by atoms with van der Waals surface area (Å²) in [5.41, 5.74) is 1.13. The summed E-state index contributed by atoms with van der Waals surface area (Å²) in [6.07, 6.45) is -4.70. The normalized spacial score (nSPS) is 11.6. The van der Waals surface area contributed by atoms with Crippen LogP contribution in [0.15, 0.2) is 54.6 Å². The zero-order valence-electron chi connectivity index (χ0n) is 19.2. The van der Waals surface area contributed by atoms with Gasteiger partial charge in [-0.05, 0) is 43.7 Å². The molecule has 10 heteroatoms. The number of fused-ring (bicyclic) bond motifs is 1. The molecule has 0 aliphatic carbocycles. The molecular weight excluding hydrogens is 480 g/mol. The van der Waals surface area contributed by atoms with Crippen molar-refractivity contribution in [3.05, 3.63) is 94.1 Å². The standard InChI is InChI=1S/C26H20F4N2O4/c1-14-3-6-17(7-4-14)24(35)23-15(2)32(25-18(23)8-10-21(31-25)26(28,29)30)12-16-5-9-19(27)20(11-16)36-13-22(33)34/h3-11H,12-13H2,1-2H3,(H,33,34). The molecule has 0 atom stereocenters. The van der Waals surface area contributed by atoms with Crippen LogP contribution in [0.1, 0.15) is 38.4 Å². The van der Waals surface area contributed by atoms with Gasteiger partial charge in [0.1, 0.15) is 11.3 Å². The molecule has 4 aromatic rings. The number of ketones is 1. The zero-order valence-corrected chi connectivity index (χ0v) is 19.2. The number of aryl methyl sites for hydroxylation is 1. The Labute approximate surface area is 202 Å². The third-order valence-electron chi connectivity index (χ3n) is 5.69. The minimum Gasteiger partial charge on any atom is -0.479 e. The van der Waals surface area contributed by atoms with E-state index in [2.05, 4.69) is 4.98 Å². The number of nitrogens with zero attached hydrogens (tertiary/aromatic N) is 2. The molecule has 0 saturated carbocycles. The minimum absolute atomic E-state index is 0.0601. The van der Waals surface area contributed by atoms with Crippen molar-refractivity contribution in [2.24, 2.45) is 0 Å². The molecule has 0 spiro atoms. The number of hydrogen-bond acceptors (Lipinski definition) is 4. The Morgan fingerprint density at radius 3 is 2.36 bits per heavy atom. The molecule has 0 aliphatic rings. The zero-order chi connectivity index (χ0) is 26.2. The molecule has 0 aliphatic heterocycles. The second-order valence-corrected chi connectivity index (χ2v) is 8.25. The average Bonchev–Trinajstić information content (AvgIpc) is 3.09. The number of carboxylic acids is 1. The number of pyridine rings is 1. The Morgan fingerprint density at radius 2 is 1.72 bits per heavy atom. The van der Waals surface area contributed by atoms with Crippen molar-refractivity contribution in [1.29, 1.82) is 0 Å². The van der Waals surface area contributed by atoms with E-state index in [1.807, 2.05) is 6.92 Å². The monoisotopic (exact) mass is 500 g/mol. The van der Waals surface area contributed by atoms with E-state index in [1.54, 1.807) is 31.2 Å². The predicted octanol–water partition coefficient (Wildman–Crippen LogP) is 5.55. The molecule has 1 N–H and O–H groups in total. The fourth-order valence-corrected chi connectivity index (χ4v) is 3.90. The highest BCUT2D eigenvalue weighted by atomic mass is 19.4. The molecule has 2 aromatic carbocycles. The van der Waals surface area contributed by atoms with Crippen LogP contribution < -0.4 is 4.74 Å². The number of benzene rings is 2. The number of carbonyl (C=O) groups excluding carboxylic acids is 1. The molecule has 2 aromatic heterocycles. The summed E-state index contributed by atoms with van der Waals surface area (Å²) >= 11 is 0. The highest BCUT2D eigenvalue weighted by Crippen LogP contribution is 2.33. The van der Waals surface area contributed by atoms with E-state index in [9.17, 15) is 27.2 Å². The van der Waals surface area contributed by atoms with Gasteiger partial charge in [0.25, 0.3) is 0 Å². The third kappa shape index (κ3) is 4.93. The van der Waals surface area contributed by atoms with Gasteiger partial charge in [0.05, 0.1) is 5.56 Å². The Morgan fingerprint density at radius 1 is 1.03 bits per heavy atom. The highest BCUT2D eigenvalue weighted by molar-refractivity contribution is 6.17. The van der Waals surface area contributed by atoms with Crippen molar-refractivity contribution in [2.45, 2.75) is 26.6 Å². The van der Waals surface area contributed by atoms with Gasteiger partial charge in [-0.25, -0.2) is 14.2 Å². The second kappa shape index (κ2) is 9.44. The number of alkyl halides is 3. The number of ether oxygens (including phenoxy) is 1. The fourth-order valence-electron chi connectivity index (χ4n) is 3.90. The highest BCUT2D eigenvalue weighted by Gasteiger charge is 2.34. The number of rotatable bonds is 7. The summed E-state index contributed by atoms with van der Waals surface area (Å²) in [4.78, 5) is 28.0. The molecule has 0 unspecified atom stereocenters. The van der Waals surface area contributed by atoms with E-state index in [0.29, 0.717) is 16.8 Å². The van der Waals surface area contributed by atoms with Gasteiger partial charge in [-0.3, -0.25) is 4.79 Å². The topological polar surface area (TPSA) is 81.4 Å². The van der Waals surface area contributed by atoms with Gasteiger partial charge >= 0.3 is 12.1 Å². The smallest absolute Gasteiger partial charge is 0.433 e. The van der Waals surface area contributed by atoms with E-state index < -0.39 is 30.3 Å². The van der Waals surface area contributed by atoms with Gasteiger partial charge in [0, 0.05) is 23.2 Å². The van der Waals surface area contributed by atoms with Crippen LogP contribution in [0.2, 0.25) is 0 Å². The SMILES string of the molecule is Cc1ccc(C(=O)c2c(C)n(Cc3ccc(F)c(OCC(=O)O)c3)c3nc(C(F)(F)F)ccc23)cc1. The number of carbonyl (C=O) groups is 2. The summed E-state index contributed by atoms with van der Waals surface area (Å²) < 4.78 is 60.8. The summed E-state index contributed by atoms with van der Waals surface area (Å²) in [6.45, 7) is 2.63. The Balaban J connectivity index is 1.85. The summed E-state index contributed by atoms with van der Waals surface area (Å²) in [5, 5.41) is 9.04. The van der Waals surface area contributed by atoms with E-state index in [4.69, 9.17) is 9.84 Å². The van der Waals surface area contributed by atoms with Crippen LogP contribution in [0.4, 0.5) is 17.6 Å². The summed E-state index contributed by atoms with van der Waals surface area (Å²) in [7, 11) is 0. The van der Waals surface area contributed by atoms with Crippen molar-refractivity contribution >= 4 is 22.8 Å². The third-order valence-corrected chi connectivity index (χ3v) is 5.69. The molecule has 0 fully saturated rings. The molecule has 6 nitrogen and oxygen atoms in total. The average molecular weight is 500 g/mol. The van der Waals surface area contributed by atoms with Crippen molar-refractivity contribution < 1.29 is 37.0 Å². The largest absolute Gasteiger partial charge is 0.479 e. The number of halogens is 4. The van der Waals surface area contributed by atoms with E-state index in [0.717, 1.165) is 17.7 Å². The van der Waals surface area contributed by atoms with Crippen LogP contribution >= 0.6 is 0 Å². The molecule has 0 radical (unpaired) electrons. The van der Waals surface area contributed by atoms with Crippen LogP contribution in [-0.4, -0.2) is 33.0 Å². The van der Waals surface area contributed by atoms with Gasteiger partial charge < -0.3 is 14.4 Å². The van der Waals surface area contributed by atoms with E-state index in [1.165, 1.54) is 22.8 Å². The lowest BCUT2D eigenvalue weighted by molar-refractivity contribution is -0.141. The maximum atomic E-state index is 14.1. The van der Waals surface area contributed by atoms with Crippen molar-refractivity contribution in [1.82, 2.24) is 9.55 Å².